The van der Waals surface area contributed by atoms with Crippen LogP contribution in [-0.4, -0.2) is 15.4 Å². The van der Waals surface area contributed by atoms with Gasteiger partial charge in [0.15, 0.2) is 9.76 Å². The molecule has 1 nitrogen and oxygen atoms in total. The highest BCUT2D eigenvalue weighted by Crippen LogP contribution is 2.18. The van der Waals surface area contributed by atoms with Crippen molar-refractivity contribution in [1.29, 1.82) is 0 Å². The molecular weight excluding hydrogens is 224 g/mol. The van der Waals surface area contributed by atoms with Crippen molar-refractivity contribution in [3.05, 3.63) is 29.3 Å². The summed E-state index contributed by atoms with van der Waals surface area (Å²) in [7, 11) is -0.643. The van der Waals surface area contributed by atoms with Crippen molar-refractivity contribution in [2.24, 2.45) is 0 Å². The lowest BCUT2D eigenvalue weighted by atomic mass is 10.0. The third-order valence-electron chi connectivity index (χ3n) is 2.97. The lowest BCUT2D eigenvalue weighted by molar-refractivity contribution is 0.0882. The molecule has 84 valence electrons. The van der Waals surface area contributed by atoms with Crippen LogP contribution in [-0.2, 0) is 4.43 Å². The molecule has 0 heterocycles. The Kier molecular flexibility index (Phi) is 4.83. The molecule has 0 bridgehead atoms. The summed E-state index contributed by atoms with van der Waals surface area (Å²) in [4.78, 5) is 0. The zero-order valence-corrected chi connectivity index (χ0v) is 11.9. The number of hydrogen-bond acceptors (Lipinski definition) is 1. The second-order valence-electron chi connectivity index (χ2n) is 4.08. The van der Waals surface area contributed by atoms with E-state index in [-0.39, 0.29) is 5.60 Å². The Morgan fingerprint density at radius 1 is 1.33 bits per heavy atom. The third kappa shape index (κ3) is 3.97. The molecule has 0 saturated carbocycles. The molecule has 0 N–H and O–H groups in total. The van der Waals surface area contributed by atoms with Crippen LogP contribution >= 0.6 is 11.6 Å². The highest BCUT2D eigenvalue weighted by atomic mass is 35.5. The van der Waals surface area contributed by atoms with Crippen molar-refractivity contribution < 1.29 is 4.43 Å². The van der Waals surface area contributed by atoms with E-state index in [2.05, 4.69) is 26.8 Å². The van der Waals surface area contributed by atoms with E-state index >= 15 is 0 Å². The van der Waals surface area contributed by atoms with E-state index < -0.39 is 9.76 Å². The maximum atomic E-state index is 6.05. The lowest BCUT2D eigenvalue weighted by Crippen LogP contribution is -2.33. The molecule has 0 amide bonds. The van der Waals surface area contributed by atoms with Crippen LogP contribution in [0.25, 0.3) is 0 Å². The fraction of sp³-hybridized carbons (Fsp3) is 0.500. The monoisotopic (exact) mass is 242 g/mol. The first-order valence-corrected chi connectivity index (χ1v) is 7.14. The van der Waals surface area contributed by atoms with E-state index in [9.17, 15) is 0 Å². The average Bonchev–Trinajstić information content (AvgIpc) is 2.26. The Hall–Kier alpha value is -0.313. The first-order valence-electron chi connectivity index (χ1n) is 5.48. The van der Waals surface area contributed by atoms with Gasteiger partial charge in [-0.25, -0.2) is 0 Å². The lowest BCUT2D eigenvalue weighted by Gasteiger charge is -2.27. The molecular formula is C12H19ClOSi. The van der Waals surface area contributed by atoms with Crippen LogP contribution in [0.5, 0.6) is 0 Å². The predicted molar refractivity (Wildman–Crippen MR) is 69.7 cm³/mol. The minimum Gasteiger partial charge on any atom is -0.413 e. The van der Waals surface area contributed by atoms with E-state index in [0.29, 0.717) is 0 Å². The van der Waals surface area contributed by atoms with Crippen LogP contribution in [0, 0.1) is 0 Å². The quantitative estimate of drug-likeness (QED) is 0.722. The standard InChI is InChI=1S/C12H19ClOSi/c1-4-12(3,5-2)14-15-11-8-6-7-10(13)9-11/h6-9H,4-5,15H2,1-3H3. The van der Waals surface area contributed by atoms with Crippen molar-refractivity contribution in [2.45, 2.75) is 39.2 Å². The fourth-order valence-electron chi connectivity index (χ4n) is 1.34. The summed E-state index contributed by atoms with van der Waals surface area (Å²) in [6.45, 7) is 6.54. The highest BCUT2D eigenvalue weighted by Gasteiger charge is 2.19. The Morgan fingerprint density at radius 2 is 2.00 bits per heavy atom. The van der Waals surface area contributed by atoms with E-state index in [0.717, 1.165) is 17.9 Å². The van der Waals surface area contributed by atoms with Gasteiger partial charge in [0, 0.05) is 5.02 Å². The van der Waals surface area contributed by atoms with Gasteiger partial charge in [-0.3, -0.25) is 0 Å². The van der Waals surface area contributed by atoms with E-state index in [1.807, 2.05) is 18.2 Å². The molecule has 1 aromatic rings. The Morgan fingerprint density at radius 3 is 2.53 bits per heavy atom. The molecule has 0 aromatic heterocycles. The topological polar surface area (TPSA) is 9.23 Å². The van der Waals surface area contributed by atoms with Gasteiger partial charge >= 0.3 is 0 Å². The van der Waals surface area contributed by atoms with Gasteiger partial charge in [0.2, 0.25) is 0 Å². The van der Waals surface area contributed by atoms with Gasteiger partial charge in [-0.1, -0.05) is 37.6 Å². The van der Waals surface area contributed by atoms with Crippen LogP contribution in [0.1, 0.15) is 33.6 Å². The van der Waals surface area contributed by atoms with Crippen molar-refractivity contribution in [1.82, 2.24) is 0 Å². The second kappa shape index (κ2) is 5.68. The van der Waals surface area contributed by atoms with Crippen LogP contribution in [0.4, 0.5) is 0 Å². The van der Waals surface area contributed by atoms with E-state index in [1.165, 1.54) is 5.19 Å². The molecule has 15 heavy (non-hydrogen) atoms. The molecule has 1 rings (SSSR count). The molecule has 0 radical (unpaired) electrons. The number of benzene rings is 1. The first-order chi connectivity index (χ1) is 7.09. The second-order valence-corrected chi connectivity index (χ2v) is 5.91. The first kappa shape index (κ1) is 12.8. The molecule has 0 aliphatic rings. The summed E-state index contributed by atoms with van der Waals surface area (Å²) < 4.78 is 6.05. The number of hydrogen-bond donors (Lipinski definition) is 0. The maximum Gasteiger partial charge on any atom is 0.193 e. The molecule has 3 heteroatoms. The van der Waals surface area contributed by atoms with E-state index in [1.54, 1.807) is 0 Å². The average molecular weight is 243 g/mol. The summed E-state index contributed by atoms with van der Waals surface area (Å²) in [6.07, 6.45) is 2.13. The minimum absolute atomic E-state index is 0.0501. The number of rotatable bonds is 5. The molecule has 0 saturated heterocycles. The van der Waals surface area contributed by atoms with Crippen LogP contribution in [0.2, 0.25) is 5.02 Å². The Labute approximate surface area is 99.7 Å². The van der Waals surface area contributed by atoms with Gasteiger partial charge < -0.3 is 4.43 Å². The SMILES string of the molecule is CCC(C)(CC)O[SiH2]c1cccc(Cl)c1. The zero-order valence-electron chi connectivity index (χ0n) is 9.72. The van der Waals surface area contributed by atoms with Crippen molar-refractivity contribution in [2.75, 3.05) is 0 Å². The number of halogens is 1. The van der Waals surface area contributed by atoms with Crippen LogP contribution in [0.3, 0.4) is 0 Å². The molecule has 0 aliphatic heterocycles. The minimum atomic E-state index is -0.643. The van der Waals surface area contributed by atoms with Gasteiger partial charge in [0.05, 0.1) is 5.60 Å². The maximum absolute atomic E-state index is 6.05. The van der Waals surface area contributed by atoms with Gasteiger partial charge in [-0.2, -0.15) is 0 Å². The van der Waals surface area contributed by atoms with Crippen LogP contribution in [0.15, 0.2) is 24.3 Å². The van der Waals surface area contributed by atoms with Crippen LogP contribution < -0.4 is 5.19 Å². The molecule has 0 unspecified atom stereocenters. The summed E-state index contributed by atoms with van der Waals surface area (Å²) in [5.41, 5.74) is 0.0501. The molecule has 0 spiro atoms. The Bertz CT molecular complexity index is 310. The third-order valence-corrected chi connectivity index (χ3v) is 4.82. The van der Waals surface area contributed by atoms with Crippen molar-refractivity contribution >= 4 is 26.6 Å². The largest absolute Gasteiger partial charge is 0.413 e. The highest BCUT2D eigenvalue weighted by molar-refractivity contribution is 6.47. The summed E-state index contributed by atoms with van der Waals surface area (Å²) >= 11 is 5.93. The summed E-state index contributed by atoms with van der Waals surface area (Å²) in [5.74, 6) is 0. The predicted octanol–water partition coefficient (Wildman–Crippen LogP) is 2.64. The summed E-state index contributed by atoms with van der Waals surface area (Å²) in [5, 5.41) is 2.08. The fourth-order valence-corrected chi connectivity index (χ4v) is 3.14. The van der Waals surface area contributed by atoms with Gasteiger partial charge in [0.1, 0.15) is 0 Å². The van der Waals surface area contributed by atoms with E-state index in [4.69, 9.17) is 16.0 Å². The normalized spacial score (nSPS) is 12.5. The Balaban J connectivity index is 2.56. The van der Waals surface area contributed by atoms with Gasteiger partial charge in [-0.15, -0.1) is 0 Å². The molecule has 0 aliphatic carbocycles. The summed E-state index contributed by atoms with van der Waals surface area (Å²) in [6, 6.07) is 8.00. The van der Waals surface area contributed by atoms with Gasteiger partial charge in [0.25, 0.3) is 0 Å². The zero-order chi connectivity index (χ0) is 11.3. The molecule has 1 aromatic carbocycles. The smallest absolute Gasteiger partial charge is 0.193 e. The molecule has 0 fully saturated rings. The molecule has 0 atom stereocenters. The van der Waals surface area contributed by atoms with Crippen molar-refractivity contribution in [3.8, 4) is 0 Å². The van der Waals surface area contributed by atoms with Gasteiger partial charge in [-0.05, 0) is 37.1 Å². The van der Waals surface area contributed by atoms with Crippen molar-refractivity contribution in [3.63, 3.8) is 0 Å².